The number of hydrogen-bond donors (Lipinski definition) is 1. The van der Waals surface area contributed by atoms with Gasteiger partial charge in [-0.25, -0.2) is 0 Å². The first-order chi connectivity index (χ1) is 9.41. The van der Waals surface area contributed by atoms with Crippen molar-refractivity contribution < 1.29 is 18.0 Å². The SMILES string of the molecule is NC(=O)C1=C(c2ccccc2)C(C(F)(F)F)CCCC1. The second-order valence-electron chi connectivity index (χ2n) is 4.96. The zero-order valence-corrected chi connectivity index (χ0v) is 10.9. The molecule has 2 nitrogen and oxygen atoms in total. The van der Waals surface area contributed by atoms with Crippen LogP contribution in [0.5, 0.6) is 0 Å². The van der Waals surface area contributed by atoms with E-state index >= 15 is 0 Å². The lowest BCUT2D eigenvalue weighted by molar-refractivity contribution is -0.159. The Hall–Kier alpha value is -1.78. The third kappa shape index (κ3) is 3.03. The molecule has 1 atom stereocenters. The van der Waals surface area contributed by atoms with Gasteiger partial charge < -0.3 is 5.73 Å². The molecular weight excluding hydrogens is 267 g/mol. The lowest BCUT2D eigenvalue weighted by Crippen LogP contribution is -2.26. The molecule has 0 spiro atoms. The van der Waals surface area contributed by atoms with E-state index < -0.39 is 18.0 Å². The summed E-state index contributed by atoms with van der Waals surface area (Å²) in [6.45, 7) is 0. The van der Waals surface area contributed by atoms with Crippen molar-refractivity contribution in [1.29, 1.82) is 0 Å². The Morgan fingerprint density at radius 2 is 1.80 bits per heavy atom. The number of carbonyl (C=O) groups is 1. The van der Waals surface area contributed by atoms with Crippen LogP contribution in [0.3, 0.4) is 0 Å². The Morgan fingerprint density at radius 1 is 1.15 bits per heavy atom. The molecule has 0 aliphatic heterocycles. The lowest BCUT2D eigenvalue weighted by Gasteiger charge is -2.23. The normalized spacial score (nSPS) is 20.6. The third-order valence-corrected chi connectivity index (χ3v) is 3.62. The number of benzene rings is 1. The van der Waals surface area contributed by atoms with Gasteiger partial charge in [-0.15, -0.1) is 0 Å². The standard InChI is InChI=1S/C15H16F3NO/c16-15(17,18)12-9-5-4-8-11(14(19)20)13(12)10-6-2-1-3-7-10/h1-3,6-7,12H,4-5,8-9H2,(H2,19,20). The van der Waals surface area contributed by atoms with E-state index in [1.165, 1.54) is 0 Å². The van der Waals surface area contributed by atoms with Crippen molar-refractivity contribution in [1.82, 2.24) is 0 Å². The maximum Gasteiger partial charge on any atom is 0.395 e. The summed E-state index contributed by atoms with van der Waals surface area (Å²) in [6, 6.07) is 8.26. The minimum absolute atomic E-state index is 0.00447. The van der Waals surface area contributed by atoms with Gasteiger partial charge in [0, 0.05) is 5.57 Å². The predicted molar refractivity (Wildman–Crippen MR) is 70.6 cm³/mol. The summed E-state index contributed by atoms with van der Waals surface area (Å²) in [5, 5.41) is 0. The highest BCUT2D eigenvalue weighted by molar-refractivity contribution is 6.00. The molecule has 2 N–H and O–H groups in total. The number of amides is 1. The molecule has 2 rings (SSSR count). The van der Waals surface area contributed by atoms with E-state index in [-0.39, 0.29) is 17.6 Å². The van der Waals surface area contributed by atoms with Crippen LogP contribution in [0, 0.1) is 5.92 Å². The van der Waals surface area contributed by atoms with Gasteiger partial charge in [0.05, 0.1) is 5.92 Å². The molecule has 0 saturated carbocycles. The molecule has 0 aromatic heterocycles. The highest BCUT2D eigenvalue weighted by atomic mass is 19.4. The Morgan fingerprint density at radius 3 is 2.35 bits per heavy atom. The molecule has 1 amide bonds. The van der Waals surface area contributed by atoms with E-state index in [1.807, 2.05) is 0 Å². The molecule has 0 bridgehead atoms. The van der Waals surface area contributed by atoms with Gasteiger partial charge in [0.25, 0.3) is 0 Å². The molecule has 1 aromatic carbocycles. The van der Waals surface area contributed by atoms with Crippen LogP contribution in [0.2, 0.25) is 0 Å². The highest BCUT2D eigenvalue weighted by Crippen LogP contribution is 2.44. The number of alkyl halides is 3. The van der Waals surface area contributed by atoms with Crippen LogP contribution in [-0.2, 0) is 4.79 Å². The summed E-state index contributed by atoms with van der Waals surface area (Å²) < 4.78 is 39.9. The van der Waals surface area contributed by atoms with Crippen molar-refractivity contribution in [2.75, 3.05) is 0 Å². The fourth-order valence-corrected chi connectivity index (χ4v) is 2.72. The fraction of sp³-hybridized carbons (Fsp3) is 0.400. The molecule has 5 heteroatoms. The van der Waals surface area contributed by atoms with Crippen LogP contribution in [0.4, 0.5) is 13.2 Å². The van der Waals surface area contributed by atoms with Gasteiger partial charge in [-0.2, -0.15) is 13.2 Å². The molecule has 20 heavy (non-hydrogen) atoms. The monoisotopic (exact) mass is 283 g/mol. The molecule has 1 unspecified atom stereocenters. The molecule has 1 aliphatic carbocycles. The smallest absolute Gasteiger partial charge is 0.366 e. The summed E-state index contributed by atoms with van der Waals surface area (Å²) in [5.74, 6) is -2.37. The van der Waals surface area contributed by atoms with Crippen molar-refractivity contribution in [3.05, 3.63) is 41.5 Å². The minimum Gasteiger partial charge on any atom is -0.366 e. The van der Waals surface area contributed by atoms with E-state index in [9.17, 15) is 18.0 Å². The molecule has 0 saturated heterocycles. The van der Waals surface area contributed by atoms with E-state index in [1.54, 1.807) is 30.3 Å². The number of nitrogens with two attached hydrogens (primary N) is 1. The largest absolute Gasteiger partial charge is 0.395 e. The fourth-order valence-electron chi connectivity index (χ4n) is 2.72. The highest BCUT2D eigenvalue weighted by Gasteiger charge is 2.44. The summed E-state index contributed by atoms with van der Waals surface area (Å²) in [7, 11) is 0. The summed E-state index contributed by atoms with van der Waals surface area (Å²) >= 11 is 0. The first-order valence-electron chi connectivity index (χ1n) is 6.56. The number of halogens is 3. The van der Waals surface area contributed by atoms with Gasteiger partial charge in [-0.05, 0) is 30.4 Å². The van der Waals surface area contributed by atoms with E-state index in [2.05, 4.69) is 0 Å². The number of hydrogen-bond acceptors (Lipinski definition) is 1. The van der Waals surface area contributed by atoms with Gasteiger partial charge in [0.1, 0.15) is 0 Å². The lowest BCUT2D eigenvalue weighted by atomic mass is 9.86. The quantitative estimate of drug-likeness (QED) is 0.884. The van der Waals surface area contributed by atoms with Gasteiger partial charge in [0.2, 0.25) is 5.91 Å². The second-order valence-corrected chi connectivity index (χ2v) is 4.96. The molecule has 1 aliphatic rings. The van der Waals surface area contributed by atoms with Crippen molar-refractivity contribution in [3.8, 4) is 0 Å². The first kappa shape index (κ1) is 14.6. The minimum atomic E-state index is -4.36. The Labute approximate surface area is 115 Å². The zero-order chi connectivity index (χ0) is 14.8. The van der Waals surface area contributed by atoms with Gasteiger partial charge in [0.15, 0.2) is 0 Å². The van der Waals surface area contributed by atoms with Crippen LogP contribution in [0.1, 0.15) is 31.2 Å². The molecule has 0 radical (unpaired) electrons. The molecular formula is C15H16F3NO. The van der Waals surface area contributed by atoms with E-state index in [4.69, 9.17) is 5.73 Å². The maximum atomic E-state index is 13.3. The number of rotatable bonds is 2. The van der Waals surface area contributed by atoms with Gasteiger partial charge in [-0.3, -0.25) is 4.79 Å². The zero-order valence-electron chi connectivity index (χ0n) is 10.9. The predicted octanol–water partition coefficient (Wildman–Crippen LogP) is 3.68. The van der Waals surface area contributed by atoms with Crippen LogP contribution in [0.25, 0.3) is 5.57 Å². The molecule has 108 valence electrons. The van der Waals surface area contributed by atoms with E-state index in [0.29, 0.717) is 24.8 Å². The van der Waals surface area contributed by atoms with Crippen molar-refractivity contribution >= 4 is 11.5 Å². The third-order valence-electron chi connectivity index (χ3n) is 3.62. The van der Waals surface area contributed by atoms with Crippen LogP contribution >= 0.6 is 0 Å². The molecule has 0 heterocycles. The second kappa shape index (κ2) is 5.69. The van der Waals surface area contributed by atoms with Crippen molar-refractivity contribution in [3.63, 3.8) is 0 Å². The van der Waals surface area contributed by atoms with Crippen LogP contribution in [0.15, 0.2) is 35.9 Å². The molecule has 1 aromatic rings. The topological polar surface area (TPSA) is 43.1 Å². The van der Waals surface area contributed by atoms with Crippen LogP contribution < -0.4 is 5.73 Å². The Kier molecular flexibility index (Phi) is 4.16. The van der Waals surface area contributed by atoms with Crippen LogP contribution in [-0.4, -0.2) is 12.1 Å². The number of primary amides is 1. The van der Waals surface area contributed by atoms with Crippen molar-refractivity contribution in [2.45, 2.75) is 31.9 Å². The summed E-state index contributed by atoms with van der Waals surface area (Å²) in [4.78, 5) is 11.6. The average Bonchev–Trinajstić information content (AvgIpc) is 2.61. The maximum absolute atomic E-state index is 13.3. The average molecular weight is 283 g/mol. The summed E-state index contributed by atoms with van der Waals surface area (Å²) in [6.07, 6.45) is -3.05. The number of allylic oxidation sites excluding steroid dienone is 1. The molecule has 0 fully saturated rings. The van der Waals surface area contributed by atoms with E-state index in [0.717, 1.165) is 0 Å². The first-order valence-corrected chi connectivity index (χ1v) is 6.56. The Balaban J connectivity index is 2.62. The number of carbonyl (C=O) groups excluding carboxylic acids is 1. The summed E-state index contributed by atoms with van der Waals surface area (Å²) in [5.41, 5.74) is 5.92. The van der Waals surface area contributed by atoms with Gasteiger partial charge in [-0.1, -0.05) is 36.8 Å². The Bertz CT molecular complexity index is 520. The van der Waals surface area contributed by atoms with Crippen molar-refractivity contribution in [2.24, 2.45) is 11.7 Å². The van der Waals surface area contributed by atoms with Gasteiger partial charge >= 0.3 is 6.18 Å².